The lowest BCUT2D eigenvalue weighted by atomic mass is 10.1. The van der Waals surface area contributed by atoms with Crippen molar-refractivity contribution in [3.05, 3.63) is 57.9 Å². The molecule has 0 aliphatic carbocycles. The normalized spacial score (nSPS) is 11.2. The molecular weight excluding hydrogens is 277 g/mol. The molecule has 3 aromatic rings. The second-order valence-electron chi connectivity index (χ2n) is 4.91. The summed E-state index contributed by atoms with van der Waals surface area (Å²) in [6.45, 7) is 4.41. The summed E-state index contributed by atoms with van der Waals surface area (Å²) in [7, 11) is 0. The molecule has 5 heteroatoms. The van der Waals surface area contributed by atoms with E-state index < -0.39 is 0 Å². The van der Waals surface area contributed by atoms with Crippen LogP contribution in [-0.2, 0) is 6.54 Å². The number of rotatable bonds is 2. The van der Waals surface area contributed by atoms with Crippen LogP contribution in [0, 0.1) is 19.7 Å². The van der Waals surface area contributed by atoms with Crippen LogP contribution in [0.25, 0.3) is 11.0 Å². The van der Waals surface area contributed by atoms with E-state index in [0.717, 1.165) is 16.6 Å². The molecule has 3 rings (SSSR count). The lowest BCUT2D eigenvalue weighted by Gasteiger charge is -2.06. The van der Waals surface area contributed by atoms with E-state index in [1.807, 2.05) is 26.0 Å². The Morgan fingerprint density at radius 1 is 1.15 bits per heavy atom. The minimum absolute atomic E-state index is 0.329. The number of fused-ring (bicyclic) bond motifs is 1. The fourth-order valence-electron chi connectivity index (χ4n) is 2.15. The lowest BCUT2D eigenvalue weighted by Crippen LogP contribution is -2.04. The van der Waals surface area contributed by atoms with Gasteiger partial charge in [-0.1, -0.05) is 22.9 Å². The molecule has 3 nitrogen and oxygen atoms in total. The van der Waals surface area contributed by atoms with Crippen LogP contribution in [0.3, 0.4) is 0 Å². The molecule has 0 radical (unpaired) electrons. The van der Waals surface area contributed by atoms with Gasteiger partial charge in [-0.2, -0.15) is 0 Å². The van der Waals surface area contributed by atoms with E-state index in [1.54, 1.807) is 16.8 Å². The molecule has 1 heterocycles. The van der Waals surface area contributed by atoms with Crippen molar-refractivity contribution in [3.8, 4) is 0 Å². The Morgan fingerprint density at radius 2 is 1.90 bits per heavy atom. The van der Waals surface area contributed by atoms with Gasteiger partial charge in [0.1, 0.15) is 11.3 Å². The SMILES string of the molecule is Cc1cc2nnn(Cc3ccc(Cl)cc3F)c2cc1C. The van der Waals surface area contributed by atoms with Crippen LogP contribution in [0.5, 0.6) is 0 Å². The van der Waals surface area contributed by atoms with Gasteiger partial charge >= 0.3 is 0 Å². The molecule has 0 spiro atoms. The van der Waals surface area contributed by atoms with Crippen molar-refractivity contribution in [2.75, 3.05) is 0 Å². The molecule has 0 aliphatic heterocycles. The highest BCUT2D eigenvalue weighted by atomic mass is 35.5. The van der Waals surface area contributed by atoms with Crippen molar-refractivity contribution in [1.29, 1.82) is 0 Å². The Labute approximate surface area is 121 Å². The summed E-state index contributed by atoms with van der Waals surface area (Å²) < 4.78 is 15.5. The summed E-state index contributed by atoms with van der Waals surface area (Å²) in [6, 6.07) is 8.68. The molecule has 0 saturated heterocycles. The van der Waals surface area contributed by atoms with Gasteiger partial charge in [0.2, 0.25) is 0 Å². The summed E-state index contributed by atoms with van der Waals surface area (Å²) in [4.78, 5) is 0. The van der Waals surface area contributed by atoms with E-state index >= 15 is 0 Å². The van der Waals surface area contributed by atoms with Gasteiger partial charge in [-0.15, -0.1) is 5.10 Å². The second-order valence-corrected chi connectivity index (χ2v) is 5.34. The molecule has 0 bridgehead atoms. The van der Waals surface area contributed by atoms with Crippen LogP contribution in [0.4, 0.5) is 4.39 Å². The first-order chi connectivity index (χ1) is 9.54. The Morgan fingerprint density at radius 3 is 2.65 bits per heavy atom. The van der Waals surface area contributed by atoms with Gasteiger partial charge in [-0.05, 0) is 49.2 Å². The number of benzene rings is 2. The standard InChI is InChI=1S/C15H13ClFN3/c1-9-5-14-15(6-10(9)2)20(19-18-14)8-11-3-4-12(16)7-13(11)17/h3-7H,8H2,1-2H3. The summed E-state index contributed by atoms with van der Waals surface area (Å²) in [5.41, 5.74) is 4.60. The molecule has 2 aromatic carbocycles. The van der Waals surface area contributed by atoms with Gasteiger partial charge < -0.3 is 0 Å². The fourth-order valence-corrected chi connectivity index (χ4v) is 2.31. The molecule has 0 atom stereocenters. The van der Waals surface area contributed by atoms with E-state index in [1.165, 1.54) is 11.6 Å². The van der Waals surface area contributed by atoms with Crippen molar-refractivity contribution < 1.29 is 4.39 Å². The van der Waals surface area contributed by atoms with Gasteiger partial charge in [-0.3, -0.25) is 0 Å². The molecule has 0 saturated carbocycles. The molecule has 1 aromatic heterocycles. The summed E-state index contributed by atoms with van der Waals surface area (Å²) in [5.74, 6) is -0.329. The number of hydrogen-bond acceptors (Lipinski definition) is 2. The quantitative estimate of drug-likeness (QED) is 0.716. The molecule has 0 N–H and O–H groups in total. The second kappa shape index (κ2) is 4.87. The van der Waals surface area contributed by atoms with Gasteiger partial charge in [-0.25, -0.2) is 9.07 Å². The molecular formula is C15H13ClFN3. The first-order valence-electron chi connectivity index (χ1n) is 6.29. The molecule has 0 amide bonds. The highest BCUT2D eigenvalue weighted by molar-refractivity contribution is 6.30. The van der Waals surface area contributed by atoms with E-state index in [-0.39, 0.29) is 5.82 Å². The Hall–Kier alpha value is -1.94. The third-order valence-corrected chi connectivity index (χ3v) is 3.70. The molecule has 0 aliphatic rings. The van der Waals surface area contributed by atoms with Crippen LogP contribution in [0.15, 0.2) is 30.3 Å². The largest absolute Gasteiger partial charge is 0.240 e. The number of halogens is 2. The average molecular weight is 290 g/mol. The van der Waals surface area contributed by atoms with Crippen molar-refractivity contribution in [3.63, 3.8) is 0 Å². The molecule has 102 valence electrons. The summed E-state index contributed by atoms with van der Waals surface area (Å²) >= 11 is 5.76. The van der Waals surface area contributed by atoms with Crippen LogP contribution in [0.2, 0.25) is 5.02 Å². The Kier molecular flexibility index (Phi) is 3.18. The molecule has 0 fully saturated rings. The van der Waals surface area contributed by atoms with Crippen LogP contribution in [0.1, 0.15) is 16.7 Å². The Bertz CT molecular complexity index is 795. The smallest absolute Gasteiger partial charge is 0.129 e. The van der Waals surface area contributed by atoms with Crippen molar-refractivity contribution in [1.82, 2.24) is 15.0 Å². The van der Waals surface area contributed by atoms with E-state index in [9.17, 15) is 4.39 Å². The third kappa shape index (κ3) is 2.27. The highest BCUT2D eigenvalue weighted by Gasteiger charge is 2.09. The number of aromatic nitrogens is 3. The predicted octanol–water partition coefficient (Wildman–Crippen LogP) is 3.89. The monoisotopic (exact) mass is 289 g/mol. The zero-order valence-electron chi connectivity index (χ0n) is 11.2. The first-order valence-corrected chi connectivity index (χ1v) is 6.67. The number of nitrogens with zero attached hydrogens (tertiary/aromatic N) is 3. The van der Waals surface area contributed by atoms with Crippen LogP contribution < -0.4 is 0 Å². The van der Waals surface area contributed by atoms with Gasteiger partial charge in [0.25, 0.3) is 0 Å². The van der Waals surface area contributed by atoms with Crippen molar-refractivity contribution >= 4 is 22.6 Å². The maximum absolute atomic E-state index is 13.8. The molecule has 20 heavy (non-hydrogen) atoms. The first kappa shape index (κ1) is 13.1. The number of aryl methyl sites for hydroxylation is 2. The predicted molar refractivity (Wildman–Crippen MR) is 77.5 cm³/mol. The topological polar surface area (TPSA) is 30.7 Å². The molecule has 0 unspecified atom stereocenters. The minimum Gasteiger partial charge on any atom is -0.240 e. The van der Waals surface area contributed by atoms with Gasteiger partial charge in [0.15, 0.2) is 0 Å². The van der Waals surface area contributed by atoms with E-state index in [0.29, 0.717) is 17.1 Å². The van der Waals surface area contributed by atoms with Crippen LogP contribution >= 0.6 is 11.6 Å². The average Bonchev–Trinajstić information content (AvgIpc) is 2.76. The van der Waals surface area contributed by atoms with E-state index in [4.69, 9.17) is 11.6 Å². The van der Waals surface area contributed by atoms with Crippen LogP contribution in [-0.4, -0.2) is 15.0 Å². The van der Waals surface area contributed by atoms with Gasteiger partial charge in [0.05, 0.1) is 12.1 Å². The summed E-state index contributed by atoms with van der Waals surface area (Å²) in [6.07, 6.45) is 0. The zero-order chi connectivity index (χ0) is 14.3. The third-order valence-electron chi connectivity index (χ3n) is 3.46. The maximum atomic E-state index is 13.8. The highest BCUT2D eigenvalue weighted by Crippen LogP contribution is 2.20. The van der Waals surface area contributed by atoms with Crippen molar-refractivity contribution in [2.45, 2.75) is 20.4 Å². The fraction of sp³-hybridized carbons (Fsp3) is 0.200. The Balaban J connectivity index is 2.04. The van der Waals surface area contributed by atoms with E-state index in [2.05, 4.69) is 10.3 Å². The lowest BCUT2D eigenvalue weighted by molar-refractivity contribution is 0.583. The zero-order valence-corrected chi connectivity index (χ0v) is 11.9. The number of hydrogen-bond donors (Lipinski definition) is 0. The van der Waals surface area contributed by atoms with Crippen molar-refractivity contribution in [2.24, 2.45) is 0 Å². The minimum atomic E-state index is -0.329. The van der Waals surface area contributed by atoms with Gasteiger partial charge in [0, 0.05) is 10.6 Å². The summed E-state index contributed by atoms with van der Waals surface area (Å²) in [5, 5.41) is 8.62. The maximum Gasteiger partial charge on any atom is 0.129 e.